The Balaban J connectivity index is 2.32. The van der Waals surface area contributed by atoms with E-state index in [9.17, 15) is 9.59 Å². The Morgan fingerprint density at radius 3 is 2.59 bits per heavy atom. The third-order valence-corrected chi connectivity index (χ3v) is 3.89. The zero-order valence-corrected chi connectivity index (χ0v) is 13.4. The first-order valence-electron chi connectivity index (χ1n) is 7.14. The van der Waals surface area contributed by atoms with E-state index in [4.69, 9.17) is 4.74 Å². The van der Waals surface area contributed by atoms with Crippen LogP contribution in [0.15, 0.2) is 30.3 Å². The molecule has 0 aliphatic carbocycles. The van der Waals surface area contributed by atoms with E-state index in [-0.39, 0.29) is 18.3 Å². The highest BCUT2D eigenvalue weighted by molar-refractivity contribution is 7.16. The first-order chi connectivity index (χ1) is 10.6. The third-order valence-electron chi connectivity index (χ3n) is 2.92. The first kappa shape index (κ1) is 16.2. The lowest BCUT2D eigenvalue weighted by atomic mass is 10.1. The molecule has 1 N–H and O–H groups in total. The molecule has 22 heavy (non-hydrogen) atoms. The van der Waals surface area contributed by atoms with Crippen molar-refractivity contribution in [3.8, 4) is 11.3 Å². The Morgan fingerprint density at radius 2 is 1.95 bits per heavy atom. The number of benzene rings is 1. The zero-order valence-electron chi connectivity index (χ0n) is 12.6. The van der Waals surface area contributed by atoms with Gasteiger partial charge in [0.15, 0.2) is 5.13 Å². The number of carbonyl (C=O) groups is 2. The average Bonchev–Trinajstić information content (AvgIpc) is 2.90. The summed E-state index contributed by atoms with van der Waals surface area (Å²) in [6, 6.07) is 9.59. The Morgan fingerprint density at radius 1 is 1.23 bits per heavy atom. The molecule has 1 amide bonds. The summed E-state index contributed by atoms with van der Waals surface area (Å²) in [7, 11) is 0. The van der Waals surface area contributed by atoms with Crippen molar-refractivity contribution >= 4 is 28.3 Å². The van der Waals surface area contributed by atoms with Gasteiger partial charge in [-0.2, -0.15) is 0 Å². The third kappa shape index (κ3) is 4.14. The lowest BCUT2D eigenvalue weighted by Crippen LogP contribution is -2.08. The highest BCUT2D eigenvalue weighted by atomic mass is 32.1. The molecule has 0 saturated heterocycles. The summed E-state index contributed by atoms with van der Waals surface area (Å²) < 4.78 is 5.00. The minimum absolute atomic E-state index is 0.101. The number of hydrogen-bond acceptors (Lipinski definition) is 5. The van der Waals surface area contributed by atoms with E-state index in [2.05, 4.69) is 10.3 Å². The van der Waals surface area contributed by atoms with E-state index in [0.29, 0.717) is 23.9 Å². The van der Waals surface area contributed by atoms with Gasteiger partial charge in [0, 0.05) is 16.9 Å². The summed E-state index contributed by atoms with van der Waals surface area (Å²) in [5.41, 5.74) is 1.63. The van der Waals surface area contributed by atoms with Crippen molar-refractivity contribution in [3.63, 3.8) is 0 Å². The van der Waals surface area contributed by atoms with E-state index >= 15 is 0 Å². The fourth-order valence-corrected chi connectivity index (χ4v) is 2.88. The quantitative estimate of drug-likeness (QED) is 0.830. The van der Waals surface area contributed by atoms with Crippen molar-refractivity contribution in [3.05, 3.63) is 35.2 Å². The molecule has 5 nitrogen and oxygen atoms in total. The predicted molar refractivity (Wildman–Crippen MR) is 86.8 cm³/mol. The number of rotatable bonds is 6. The van der Waals surface area contributed by atoms with Crippen LogP contribution in [0.2, 0.25) is 0 Å². The Kier molecular flexibility index (Phi) is 5.66. The molecule has 0 saturated carbocycles. The highest BCUT2D eigenvalue weighted by Crippen LogP contribution is 2.31. The summed E-state index contributed by atoms with van der Waals surface area (Å²) in [4.78, 5) is 28.5. The molecule has 0 spiro atoms. The van der Waals surface area contributed by atoms with Gasteiger partial charge in [-0.15, -0.1) is 11.3 Å². The smallest absolute Gasteiger partial charge is 0.311 e. The van der Waals surface area contributed by atoms with Gasteiger partial charge in [-0.3, -0.25) is 9.59 Å². The molecule has 1 aromatic heterocycles. The van der Waals surface area contributed by atoms with Crippen molar-refractivity contribution < 1.29 is 14.3 Å². The summed E-state index contributed by atoms with van der Waals surface area (Å²) in [5.74, 6) is -0.396. The molecule has 0 radical (unpaired) electrons. The average molecular weight is 318 g/mol. The molecule has 2 aromatic rings. The lowest BCUT2D eigenvalue weighted by molar-refractivity contribution is -0.142. The Hall–Kier alpha value is -2.21. The maximum absolute atomic E-state index is 11.8. The van der Waals surface area contributed by atoms with Crippen molar-refractivity contribution in [1.82, 2.24) is 4.98 Å². The minimum Gasteiger partial charge on any atom is -0.466 e. The molecule has 116 valence electrons. The number of anilines is 1. The van der Waals surface area contributed by atoms with Crippen molar-refractivity contribution in [2.24, 2.45) is 0 Å². The fraction of sp³-hybridized carbons (Fsp3) is 0.312. The van der Waals surface area contributed by atoms with Crippen molar-refractivity contribution in [1.29, 1.82) is 0 Å². The van der Waals surface area contributed by atoms with Crippen molar-refractivity contribution in [2.75, 3.05) is 11.9 Å². The van der Waals surface area contributed by atoms with Gasteiger partial charge in [0.25, 0.3) is 0 Å². The van der Waals surface area contributed by atoms with Crippen LogP contribution in [-0.4, -0.2) is 23.5 Å². The van der Waals surface area contributed by atoms with Crippen LogP contribution in [-0.2, 0) is 20.7 Å². The summed E-state index contributed by atoms with van der Waals surface area (Å²) in [6.07, 6.45) is 0.533. The van der Waals surface area contributed by atoms with E-state index in [1.807, 2.05) is 30.3 Å². The van der Waals surface area contributed by atoms with Crippen LogP contribution in [0.3, 0.4) is 0 Å². The molecule has 0 unspecified atom stereocenters. The minimum atomic E-state index is -0.295. The number of nitrogens with zero attached hydrogens (tertiary/aromatic N) is 1. The van der Waals surface area contributed by atoms with Gasteiger partial charge in [-0.1, -0.05) is 37.3 Å². The molecule has 0 atom stereocenters. The van der Waals surface area contributed by atoms with Crippen LogP contribution in [0.25, 0.3) is 11.3 Å². The van der Waals surface area contributed by atoms with Crippen LogP contribution in [0.1, 0.15) is 25.1 Å². The molecule has 6 heteroatoms. The maximum Gasteiger partial charge on any atom is 0.311 e. The molecule has 0 aliphatic heterocycles. The lowest BCUT2D eigenvalue weighted by Gasteiger charge is -2.02. The number of ether oxygens (including phenoxy) is 1. The SMILES string of the molecule is CCOC(=O)Cc1sc(NC(=O)CC)nc1-c1ccccc1. The second-order valence-corrected chi connectivity index (χ2v) is 5.62. The second-order valence-electron chi connectivity index (χ2n) is 4.54. The van der Waals surface area contributed by atoms with Crippen molar-refractivity contribution in [2.45, 2.75) is 26.7 Å². The van der Waals surface area contributed by atoms with Gasteiger partial charge < -0.3 is 10.1 Å². The number of hydrogen-bond donors (Lipinski definition) is 1. The normalized spacial score (nSPS) is 10.3. The number of carbonyl (C=O) groups excluding carboxylic acids is 2. The van der Waals surface area contributed by atoms with Crippen LogP contribution >= 0.6 is 11.3 Å². The van der Waals surface area contributed by atoms with E-state index in [0.717, 1.165) is 10.4 Å². The molecule has 0 fully saturated rings. The maximum atomic E-state index is 11.8. The second kappa shape index (κ2) is 7.70. The number of amides is 1. The summed E-state index contributed by atoms with van der Waals surface area (Å²) >= 11 is 1.31. The number of esters is 1. The summed E-state index contributed by atoms with van der Waals surface area (Å²) in [5, 5.41) is 3.25. The van der Waals surface area contributed by atoms with Gasteiger partial charge in [-0.05, 0) is 6.92 Å². The van der Waals surface area contributed by atoms with Crippen LogP contribution in [0.4, 0.5) is 5.13 Å². The van der Waals surface area contributed by atoms with Gasteiger partial charge in [0.05, 0.1) is 18.7 Å². The first-order valence-corrected chi connectivity index (χ1v) is 7.96. The topological polar surface area (TPSA) is 68.3 Å². The largest absolute Gasteiger partial charge is 0.466 e. The standard InChI is InChI=1S/C16H18N2O3S/c1-3-13(19)17-16-18-15(11-8-6-5-7-9-11)12(22-16)10-14(20)21-4-2/h5-9H,3-4,10H2,1-2H3,(H,17,18,19). The Bertz CT molecular complexity index is 653. The van der Waals surface area contributed by atoms with E-state index < -0.39 is 0 Å². The molecule has 0 aliphatic rings. The Labute approximate surface area is 133 Å². The van der Waals surface area contributed by atoms with Gasteiger partial charge in [0.1, 0.15) is 0 Å². The number of nitrogens with one attached hydrogen (secondary N) is 1. The molecule has 2 rings (SSSR count). The monoisotopic (exact) mass is 318 g/mol. The molecular formula is C16H18N2O3S. The highest BCUT2D eigenvalue weighted by Gasteiger charge is 2.17. The van der Waals surface area contributed by atoms with Crippen LogP contribution in [0, 0.1) is 0 Å². The fourth-order valence-electron chi connectivity index (χ4n) is 1.90. The molecular weight excluding hydrogens is 300 g/mol. The van der Waals surface area contributed by atoms with Gasteiger partial charge in [-0.25, -0.2) is 4.98 Å². The zero-order chi connectivity index (χ0) is 15.9. The number of aromatic nitrogens is 1. The molecule has 1 heterocycles. The number of thiazole rings is 1. The predicted octanol–water partition coefficient (Wildman–Crippen LogP) is 3.26. The summed E-state index contributed by atoms with van der Waals surface area (Å²) in [6.45, 7) is 3.90. The molecule has 0 bridgehead atoms. The van der Waals surface area contributed by atoms with Crippen LogP contribution < -0.4 is 5.32 Å². The van der Waals surface area contributed by atoms with Crippen LogP contribution in [0.5, 0.6) is 0 Å². The van der Waals surface area contributed by atoms with Gasteiger partial charge >= 0.3 is 5.97 Å². The van der Waals surface area contributed by atoms with E-state index in [1.54, 1.807) is 13.8 Å². The van der Waals surface area contributed by atoms with E-state index in [1.165, 1.54) is 11.3 Å². The van der Waals surface area contributed by atoms with Gasteiger partial charge in [0.2, 0.25) is 5.91 Å². The molecule has 1 aromatic carbocycles.